The van der Waals surface area contributed by atoms with Crippen LogP contribution >= 0.6 is 7.60 Å². The van der Waals surface area contributed by atoms with Gasteiger partial charge in [-0.2, -0.15) is 0 Å². The lowest BCUT2D eigenvalue weighted by molar-refractivity contribution is 0.163. The molecule has 0 heterocycles. The van der Waals surface area contributed by atoms with E-state index in [1.54, 1.807) is 6.92 Å². The molecule has 0 radical (unpaired) electrons. The molecule has 80 valence electrons. The summed E-state index contributed by atoms with van der Waals surface area (Å²) in [5.41, 5.74) is 4.54. The molecule has 13 heavy (non-hydrogen) atoms. The van der Waals surface area contributed by atoms with Crippen LogP contribution in [-0.4, -0.2) is 33.6 Å². The van der Waals surface area contributed by atoms with E-state index in [2.05, 4.69) is 19.5 Å². The van der Waals surface area contributed by atoms with Crippen molar-refractivity contribution < 1.29 is 23.1 Å². The van der Waals surface area contributed by atoms with Crippen molar-refractivity contribution in [3.8, 4) is 0 Å². The quantitative estimate of drug-likeness (QED) is 0.711. The Hall–Kier alpha value is -0.580. The maximum Gasteiger partial charge on any atom is 0.404 e. The highest BCUT2D eigenvalue weighted by Gasteiger charge is 2.08. The second-order valence-electron chi connectivity index (χ2n) is 1.89. The van der Waals surface area contributed by atoms with Crippen molar-refractivity contribution in [3.63, 3.8) is 0 Å². The number of carbonyl (C=O) groups is 1. The Morgan fingerprint density at radius 2 is 1.77 bits per heavy atom. The van der Waals surface area contributed by atoms with E-state index in [-0.39, 0.29) is 0 Å². The fourth-order valence-corrected chi connectivity index (χ4v) is 0.366. The third-order valence-corrected chi connectivity index (χ3v) is 2.28. The molecule has 6 nitrogen and oxygen atoms in total. The molecule has 0 aromatic rings. The molecule has 1 amide bonds. The minimum Gasteiger partial charge on any atom is -0.450 e. The first kappa shape index (κ1) is 14.9. The summed E-state index contributed by atoms with van der Waals surface area (Å²) < 4.78 is 23.5. The van der Waals surface area contributed by atoms with E-state index in [1.807, 2.05) is 0 Å². The summed E-state index contributed by atoms with van der Waals surface area (Å²) >= 11 is 0. The number of primary amides is 1. The third-order valence-electron chi connectivity index (χ3n) is 0.950. The molecule has 0 aliphatic rings. The highest BCUT2D eigenvalue weighted by Crippen LogP contribution is 2.40. The third kappa shape index (κ3) is 14.3. The lowest BCUT2D eigenvalue weighted by atomic mass is 10.9. The molecule has 0 aromatic heterocycles. The fraction of sp³-hybridized carbons (Fsp3) is 0.833. The van der Waals surface area contributed by atoms with Crippen molar-refractivity contribution in [1.29, 1.82) is 0 Å². The highest BCUT2D eigenvalue weighted by atomic mass is 31.2. The molecule has 0 rings (SSSR count). The van der Waals surface area contributed by atoms with Crippen LogP contribution < -0.4 is 5.73 Å². The topological polar surface area (TPSA) is 87.9 Å². The van der Waals surface area contributed by atoms with Crippen LogP contribution in [0.15, 0.2) is 0 Å². The lowest BCUT2D eigenvalue weighted by Gasteiger charge is -2.04. The zero-order valence-electron chi connectivity index (χ0n) is 8.27. The van der Waals surface area contributed by atoms with E-state index in [1.165, 1.54) is 20.9 Å². The van der Waals surface area contributed by atoms with Crippen LogP contribution in [0.3, 0.4) is 0 Å². The van der Waals surface area contributed by atoms with Crippen LogP contribution in [0.1, 0.15) is 6.92 Å². The van der Waals surface area contributed by atoms with Gasteiger partial charge in [0.2, 0.25) is 0 Å². The van der Waals surface area contributed by atoms with Gasteiger partial charge in [0.15, 0.2) is 0 Å². The summed E-state index contributed by atoms with van der Waals surface area (Å²) in [6.45, 7) is 3.47. The molecule has 0 aromatic carbocycles. The standard InChI is InChI=1S/C3H7NO2.C3H9O3P/c1-2-6-3(4)5;1-5-7(3,4)6-2/h2H2,1H3,(H2,4,5);1-3H3. The first-order chi connectivity index (χ1) is 5.89. The van der Waals surface area contributed by atoms with Crippen molar-refractivity contribution in [3.05, 3.63) is 0 Å². The number of carbonyl (C=O) groups excluding carboxylic acids is 1. The molecule has 0 bridgehead atoms. The Morgan fingerprint density at radius 1 is 1.38 bits per heavy atom. The Morgan fingerprint density at radius 3 is 1.77 bits per heavy atom. The van der Waals surface area contributed by atoms with Gasteiger partial charge in [-0.15, -0.1) is 0 Å². The minimum atomic E-state index is -2.65. The molecule has 2 N–H and O–H groups in total. The molecule has 0 saturated carbocycles. The van der Waals surface area contributed by atoms with Gasteiger partial charge in [-0.3, -0.25) is 4.57 Å². The van der Waals surface area contributed by atoms with Gasteiger partial charge in [-0.1, -0.05) is 0 Å². The molecular weight excluding hydrogens is 197 g/mol. The first-order valence-electron chi connectivity index (χ1n) is 3.50. The summed E-state index contributed by atoms with van der Waals surface area (Å²) in [5, 5.41) is 0. The Labute approximate surface area is 77.9 Å². The SMILES string of the molecule is CCOC(N)=O.COP(C)(=O)OC. The Balaban J connectivity index is 0. The summed E-state index contributed by atoms with van der Waals surface area (Å²) in [6.07, 6.45) is -0.711. The van der Waals surface area contributed by atoms with E-state index < -0.39 is 13.7 Å². The van der Waals surface area contributed by atoms with Gasteiger partial charge in [-0.05, 0) is 6.92 Å². The average molecular weight is 213 g/mol. The number of rotatable bonds is 3. The van der Waals surface area contributed by atoms with Crippen molar-refractivity contribution >= 4 is 13.7 Å². The van der Waals surface area contributed by atoms with E-state index in [0.29, 0.717) is 6.61 Å². The lowest BCUT2D eigenvalue weighted by Crippen LogP contribution is -2.11. The minimum absolute atomic E-state index is 0.356. The summed E-state index contributed by atoms with van der Waals surface area (Å²) in [6, 6.07) is 0. The van der Waals surface area contributed by atoms with Gasteiger partial charge in [0, 0.05) is 20.9 Å². The Bertz CT molecular complexity index is 176. The number of hydrogen-bond acceptors (Lipinski definition) is 5. The highest BCUT2D eigenvalue weighted by molar-refractivity contribution is 7.52. The first-order valence-corrected chi connectivity index (χ1v) is 5.49. The maximum absolute atomic E-state index is 10.5. The van der Waals surface area contributed by atoms with Crippen LogP contribution in [0.25, 0.3) is 0 Å². The molecule has 7 heteroatoms. The zero-order valence-corrected chi connectivity index (χ0v) is 9.17. The molecule has 0 aliphatic carbocycles. The van der Waals surface area contributed by atoms with Crippen LogP contribution in [-0.2, 0) is 18.3 Å². The summed E-state index contributed by atoms with van der Waals surface area (Å²) in [5.74, 6) is 0. The zero-order chi connectivity index (χ0) is 10.9. The molecule has 0 unspecified atom stereocenters. The van der Waals surface area contributed by atoms with E-state index in [4.69, 9.17) is 0 Å². The van der Waals surface area contributed by atoms with Gasteiger partial charge in [0.1, 0.15) is 0 Å². The number of ether oxygens (including phenoxy) is 1. The van der Waals surface area contributed by atoms with Crippen molar-refractivity contribution in [2.45, 2.75) is 6.92 Å². The second kappa shape index (κ2) is 8.04. The molecule has 0 saturated heterocycles. The van der Waals surface area contributed by atoms with Crippen LogP contribution in [0.2, 0.25) is 0 Å². The fourth-order valence-electron chi connectivity index (χ4n) is 0.217. The summed E-state index contributed by atoms with van der Waals surface area (Å²) in [4.78, 5) is 9.60. The van der Waals surface area contributed by atoms with Gasteiger partial charge < -0.3 is 19.5 Å². The van der Waals surface area contributed by atoms with E-state index in [0.717, 1.165) is 0 Å². The number of hydrogen-bond donors (Lipinski definition) is 1. The summed E-state index contributed by atoms with van der Waals surface area (Å²) in [7, 11) is 0.0486. The molecule has 0 fully saturated rings. The van der Waals surface area contributed by atoms with Crippen molar-refractivity contribution in [2.24, 2.45) is 5.73 Å². The van der Waals surface area contributed by atoms with E-state index in [9.17, 15) is 9.36 Å². The smallest absolute Gasteiger partial charge is 0.404 e. The van der Waals surface area contributed by atoms with Crippen LogP contribution in [0.5, 0.6) is 0 Å². The Kier molecular flexibility index (Phi) is 9.22. The van der Waals surface area contributed by atoms with Gasteiger partial charge in [0.05, 0.1) is 6.61 Å². The maximum atomic E-state index is 10.5. The molecule has 0 atom stereocenters. The normalized spacial score (nSPS) is 9.85. The number of amides is 1. The molecule has 0 spiro atoms. The molecule has 0 aliphatic heterocycles. The van der Waals surface area contributed by atoms with Gasteiger partial charge >= 0.3 is 13.7 Å². The van der Waals surface area contributed by atoms with E-state index >= 15 is 0 Å². The monoisotopic (exact) mass is 213 g/mol. The van der Waals surface area contributed by atoms with Crippen molar-refractivity contribution in [1.82, 2.24) is 0 Å². The predicted octanol–water partition coefficient (Wildman–Crippen LogP) is 1.20. The van der Waals surface area contributed by atoms with Gasteiger partial charge in [0.25, 0.3) is 0 Å². The second-order valence-corrected chi connectivity index (χ2v) is 4.16. The number of nitrogens with two attached hydrogens (primary N) is 1. The van der Waals surface area contributed by atoms with Crippen LogP contribution in [0, 0.1) is 0 Å². The predicted molar refractivity (Wildman–Crippen MR) is 48.8 cm³/mol. The average Bonchev–Trinajstić information content (AvgIpc) is 2.05. The van der Waals surface area contributed by atoms with Gasteiger partial charge in [-0.25, -0.2) is 4.79 Å². The molecular formula is C6H16NO5P. The van der Waals surface area contributed by atoms with Crippen molar-refractivity contribution in [2.75, 3.05) is 27.5 Å². The van der Waals surface area contributed by atoms with Crippen LogP contribution in [0.4, 0.5) is 4.79 Å². The largest absolute Gasteiger partial charge is 0.450 e.